The summed E-state index contributed by atoms with van der Waals surface area (Å²) in [5.41, 5.74) is 3.68. The number of benzene rings is 1. The Bertz CT molecular complexity index is 616. The lowest BCUT2D eigenvalue weighted by Gasteiger charge is -2.29. The first kappa shape index (κ1) is 13.7. The molecule has 1 aliphatic carbocycles. The van der Waals surface area contributed by atoms with Gasteiger partial charge < -0.3 is 15.3 Å². The predicted octanol–water partition coefficient (Wildman–Crippen LogP) is 2.82. The van der Waals surface area contributed by atoms with E-state index in [1.165, 1.54) is 11.3 Å². The Kier molecular flexibility index (Phi) is 3.95. The molecule has 21 heavy (non-hydrogen) atoms. The summed E-state index contributed by atoms with van der Waals surface area (Å²) in [5, 5.41) is 13.1. The van der Waals surface area contributed by atoms with Crippen LogP contribution >= 0.6 is 0 Å². The van der Waals surface area contributed by atoms with E-state index in [4.69, 9.17) is 0 Å². The summed E-state index contributed by atoms with van der Waals surface area (Å²) in [7, 11) is 0. The average molecular weight is 283 g/mol. The number of aliphatic imine (C=N–C) groups is 1. The molecule has 0 unspecified atom stereocenters. The fraction of sp³-hybridized carbons (Fsp3) is 0.353. The predicted molar refractivity (Wildman–Crippen MR) is 86.8 cm³/mol. The SMILES string of the molecule is CC1=CC=C(N(CC2=NCCN2)c2cccc(O)c2)CC1. The second kappa shape index (κ2) is 6.04. The van der Waals surface area contributed by atoms with Gasteiger partial charge in [-0.25, -0.2) is 0 Å². The molecule has 2 aliphatic rings. The van der Waals surface area contributed by atoms with E-state index in [0.717, 1.165) is 44.0 Å². The Morgan fingerprint density at radius 1 is 1.29 bits per heavy atom. The van der Waals surface area contributed by atoms with E-state index in [1.54, 1.807) is 6.07 Å². The molecule has 0 aromatic heterocycles. The first-order valence-corrected chi connectivity index (χ1v) is 7.42. The first-order valence-electron chi connectivity index (χ1n) is 7.42. The highest BCUT2D eigenvalue weighted by atomic mass is 16.3. The van der Waals surface area contributed by atoms with Crippen LogP contribution in [0.2, 0.25) is 0 Å². The van der Waals surface area contributed by atoms with E-state index < -0.39 is 0 Å². The van der Waals surface area contributed by atoms with Crippen LogP contribution in [0, 0.1) is 0 Å². The fourth-order valence-electron chi connectivity index (χ4n) is 2.68. The minimum Gasteiger partial charge on any atom is -0.508 e. The number of anilines is 1. The van der Waals surface area contributed by atoms with Crippen molar-refractivity contribution in [3.63, 3.8) is 0 Å². The van der Waals surface area contributed by atoms with Gasteiger partial charge >= 0.3 is 0 Å². The fourth-order valence-corrected chi connectivity index (χ4v) is 2.68. The van der Waals surface area contributed by atoms with E-state index in [0.29, 0.717) is 5.75 Å². The Hall–Kier alpha value is -2.23. The molecule has 0 fully saturated rings. The third-order valence-corrected chi connectivity index (χ3v) is 3.88. The van der Waals surface area contributed by atoms with Crippen molar-refractivity contribution < 1.29 is 5.11 Å². The van der Waals surface area contributed by atoms with Gasteiger partial charge in [0.1, 0.15) is 11.6 Å². The molecular weight excluding hydrogens is 262 g/mol. The van der Waals surface area contributed by atoms with Gasteiger partial charge in [0.05, 0.1) is 13.1 Å². The van der Waals surface area contributed by atoms with Crippen LogP contribution < -0.4 is 10.2 Å². The topological polar surface area (TPSA) is 47.9 Å². The van der Waals surface area contributed by atoms with Crippen LogP contribution in [0.15, 0.2) is 52.7 Å². The van der Waals surface area contributed by atoms with Gasteiger partial charge in [-0.05, 0) is 38.0 Å². The lowest BCUT2D eigenvalue weighted by Crippen LogP contribution is -2.35. The molecule has 0 amide bonds. The highest BCUT2D eigenvalue weighted by molar-refractivity contribution is 5.88. The van der Waals surface area contributed by atoms with Gasteiger partial charge in [-0.1, -0.05) is 17.7 Å². The highest BCUT2D eigenvalue weighted by Gasteiger charge is 2.18. The number of allylic oxidation sites excluding steroid dienone is 4. The first-order chi connectivity index (χ1) is 10.2. The Morgan fingerprint density at radius 2 is 2.19 bits per heavy atom. The molecule has 110 valence electrons. The highest BCUT2D eigenvalue weighted by Crippen LogP contribution is 2.28. The van der Waals surface area contributed by atoms with Crippen LogP contribution in [0.25, 0.3) is 0 Å². The molecule has 1 aromatic rings. The quantitative estimate of drug-likeness (QED) is 0.893. The van der Waals surface area contributed by atoms with Crippen molar-refractivity contribution in [2.45, 2.75) is 19.8 Å². The van der Waals surface area contributed by atoms with Gasteiger partial charge in [0, 0.05) is 24.0 Å². The summed E-state index contributed by atoms with van der Waals surface area (Å²) in [6, 6.07) is 7.42. The smallest absolute Gasteiger partial charge is 0.117 e. The number of hydrogen-bond donors (Lipinski definition) is 2. The molecule has 4 heteroatoms. The van der Waals surface area contributed by atoms with E-state index in [1.807, 2.05) is 18.2 Å². The number of phenolic OH excluding ortho intramolecular Hbond substituents is 1. The Labute approximate surface area is 125 Å². The van der Waals surface area contributed by atoms with Gasteiger partial charge in [-0.15, -0.1) is 0 Å². The van der Waals surface area contributed by atoms with Crippen LogP contribution in [0.4, 0.5) is 5.69 Å². The van der Waals surface area contributed by atoms with E-state index in [-0.39, 0.29) is 0 Å². The van der Waals surface area contributed by atoms with Gasteiger partial charge in [0.15, 0.2) is 0 Å². The number of aromatic hydroxyl groups is 1. The number of amidine groups is 1. The average Bonchev–Trinajstić information content (AvgIpc) is 2.99. The van der Waals surface area contributed by atoms with E-state index in [2.05, 4.69) is 34.3 Å². The normalized spacial score (nSPS) is 17.7. The summed E-state index contributed by atoms with van der Waals surface area (Å²) in [6.45, 7) is 4.65. The van der Waals surface area contributed by atoms with Gasteiger partial charge in [0.25, 0.3) is 0 Å². The summed E-state index contributed by atoms with van der Waals surface area (Å²) in [5.74, 6) is 1.31. The standard InChI is InChI=1S/C17H21N3O/c1-13-5-7-14(8-6-13)20(12-17-18-9-10-19-17)15-3-2-4-16(21)11-15/h2-5,7,11,21H,6,8-10,12H2,1H3,(H,18,19). The molecule has 1 heterocycles. The van der Waals surface area contributed by atoms with Crippen molar-refractivity contribution in [3.8, 4) is 5.75 Å². The van der Waals surface area contributed by atoms with Crippen molar-refractivity contribution in [2.24, 2.45) is 4.99 Å². The second-order valence-electron chi connectivity index (χ2n) is 5.53. The minimum absolute atomic E-state index is 0.293. The molecule has 3 rings (SSSR count). The lowest BCUT2D eigenvalue weighted by atomic mass is 10.0. The minimum atomic E-state index is 0.293. The molecular formula is C17H21N3O. The maximum atomic E-state index is 9.76. The van der Waals surface area contributed by atoms with E-state index in [9.17, 15) is 5.11 Å². The van der Waals surface area contributed by atoms with Crippen molar-refractivity contribution in [1.29, 1.82) is 0 Å². The summed E-state index contributed by atoms with van der Waals surface area (Å²) >= 11 is 0. The number of rotatable bonds is 4. The zero-order valence-corrected chi connectivity index (χ0v) is 12.3. The molecule has 1 aromatic carbocycles. The van der Waals surface area contributed by atoms with Crippen LogP contribution in [0.3, 0.4) is 0 Å². The van der Waals surface area contributed by atoms with Crippen LogP contribution in [-0.4, -0.2) is 30.6 Å². The lowest BCUT2D eigenvalue weighted by molar-refractivity contribution is 0.475. The zero-order chi connectivity index (χ0) is 14.7. The van der Waals surface area contributed by atoms with Crippen molar-refractivity contribution in [2.75, 3.05) is 24.5 Å². The van der Waals surface area contributed by atoms with Crippen molar-refractivity contribution in [3.05, 3.63) is 47.7 Å². The van der Waals surface area contributed by atoms with Crippen molar-refractivity contribution in [1.82, 2.24) is 5.32 Å². The monoisotopic (exact) mass is 283 g/mol. The zero-order valence-electron chi connectivity index (χ0n) is 12.3. The molecule has 4 nitrogen and oxygen atoms in total. The number of hydrogen-bond acceptors (Lipinski definition) is 4. The van der Waals surface area contributed by atoms with Gasteiger partial charge in [-0.2, -0.15) is 0 Å². The van der Waals surface area contributed by atoms with Crippen LogP contribution in [-0.2, 0) is 0 Å². The number of nitrogens with zero attached hydrogens (tertiary/aromatic N) is 2. The maximum Gasteiger partial charge on any atom is 0.117 e. The third-order valence-electron chi connectivity index (χ3n) is 3.88. The van der Waals surface area contributed by atoms with Gasteiger partial charge in [0.2, 0.25) is 0 Å². The molecule has 0 bridgehead atoms. The molecule has 0 saturated heterocycles. The summed E-state index contributed by atoms with van der Waals surface area (Å²) in [6.07, 6.45) is 6.46. The Balaban J connectivity index is 1.90. The largest absolute Gasteiger partial charge is 0.508 e. The third kappa shape index (κ3) is 3.27. The molecule has 0 atom stereocenters. The number of nitrogens with one attached hydrogen (secondary N) is 1. The van der Waals surface area contributed by atoms with Crippen LogP contribution in [0.1, 0.15) is 19.8 Å². The van der Waals surface area contributed by atoms with Gasteiger partial charge in [-0.3, -0.25) is 4.99 Å². The van der Waals surface area contributed by atoms with E-state index >= 15 is 0 Å². The Morgan fingerprint density at radius 3 is 2.86 bits per heavy atom. The molecule has 0 spiro atoms. The molecule has 0 saturated carbocycles. The number of phenols is 1. The molecule has 1 aliphatic heterocycles. The second-order valence-corrected chi connectivity index (χ2v) is 5.53. The molecule has 0 radical (unpaired) electrons. The summed E-state index contributed by atoms with van der Waals surface area (Å²) < 4.78 is 0. The van der Waals surface area contributed by atoms with Crippen LogP contribution in [0.5, 0.6) is 5.75 Å². The maximum absolute atomic E-state index is 9.76. The molecule has 2 N–H and O–H groups in total. The van der Waals surface area contributed by atoms with Crippen molar-refractivity contribution >= 4 is 11.5 Å². The summed E-state index contributed by atoms with van der Waals surface area (Å²) in [4.78, 5) is 6.73.